The number of rotatable bonds is 6. The quantitative estimate of drug-likeness (QED) is 0.604. The minimum Gasteiger partial charge on any atom is -0.375 e. The highest BCUT2D eigenvalue weighted by Gasteiger charge is 2.23. The first-order valence-electron chi connectivity index (χ1n) is 8.63. The van der Waals surface area contributed by atoms with Crippen molar-refractivity contribution in [3.05, 3.63) is 69.2 Å². The van der Waals surface area contributed by atoms with Crippen LogP contribution in [0, 0.1) is 10.1 Å². The van der Waals surface area contributed by atoms with Gasteiger partial charge in [-0.1, -0.05) is 41.9 Å². The zero-order chi connectivity index (χ0) is 19.2. The second-order valence-electron chi connectivity index (χ2n) is 6.39. The third kappa shape index (κ3) is 5.50. The summed E-state index contributed by atoms with van der Waals surface area (Å²) in [5.74, 6) is -0.252. The Kier molecular flexibility index (Phi) is 6.39. The fourth-order valence-electron chi connectivity index (χ4n) is 3.04. The van der Waals surface area contributed by atoms with Crippen LogP contribution in [0.2, 0.25) is 5.02 Å². The van der Waals surface area contributed by atoms with E-state index in [2.05, 4.69) is 22.3 Å². The van der Waals surface area contributed by atoms with Gasteiger partial charge in [0, 0.05) is 31.4 Å². The number of carbonyl (C=O) groups excluding carboxylic acids is 1. The lowest BCUT2D eigenvalue weighted by Crippen LogP contribution is -2.43. The van der Waals surface area contributed by atoms with Crippen LogP contribution in [-0.2, 0) is 16.1 Å². The zero-order valence-corrected chi connectivity index (χ0v) is 15.4. The summed E-state index contributed by atoms with van der Waals surface area (Å²) in [5.41, 5.74) is 1.32. The molecule has 1 heterocycles. The zero-order valence-electron chi connectivity index (χ0n) is 14.6. The molecule has 2 aromatic carbocycles. The van der Waals surface area contributed by atoms with Crippen LogP contribution in [0.15, 0.2) is 48.5 Å². The van der Waals surface area contributed by atoms with E-state index in [-0.39, 0.29) is 29.1 Å². The molecule has 8 heteroatoms. The first kappa shape index (κ1) is 19.3. The summed E-state index contributed by atoms with van der Waals surface area (Å²) in [6, 6.07) is 14.3. The van der Waals surface area contributed by atoms with Crippen LogP contribution >= 0.6 is 11.6 Å². The highest BCUT2D eigenvalue weighted by molar-refractivity contribution is 6.32. The predicted octanol–water partition coefficient (Wildman–Crippen LogP) is 3.48. The molecule has 3 rings (SSSR count). The molecule has 0 aliphatic carbocycles. The van der Waals surface area contributed by atoms with Crippen LogP contribution in [0.25, 0.3) is 0 Å². The number of morpholine rings is 1. The van der Waals surface area contributed by atoms with Gasteiger partial charge in [0.05, 0.1) is 24.1 Å². The van der Waals surface area contributed by atoms with E-state index in [4.69, 9.17) is 16.3 Å². The molecule has 0 aromatic heterocycles. The number of amides is 1. The van der Waals surface area contributed by atoms with Crippen molar-refractivity contribution in [1.29, 1.82) is 0 Å². The standard InChI is InChI=1S/C19H20ClN3O4/c20-17-7-6-15(10-18(17)23(25)26)21-19(24)11-16-13-22(8-9-27-16)12-14-4-2-1-3-5-14/h1-7,10,16H,8-9,11-13H2,(H,21,24). The van der Waals surface area contributed by atoms with Crippen molar-refractivity contribution in [2.24, 2.45) is 0 Å². The Bertz CT molecular complexity index is 816. The van der Waals surface area contributed by atoms with Gasteiger partial charge in [0.15, 0.2) is 0 Å². The lowest BCUT2D eigenvalue weighted by molar-refractivity contribution is -0.384. The van der Waals surface area contributed by atoms with Crippen LogP contribution in [0.5, 0.6) is 0 Å². The van der Waals surface area contributed by atoms with E-state index in [0.717, 1.165) is 13.1 Å². The first-order chi connectivity index (χ1) is 13.0. The molecule has 7 nitrogen and oxygen atoms in total. The molecule has 0 bridgehead atoms. The number of carbonyl (C=O) groups is 1. The third-order valence-corrected chi connectivity index (χ3v) is 4.63. The van der Waals surface area contributed by atoms with Crippen molar-refractivity contribution < 1.29 is 14.5 Å². The van der Waals surface area contributed by atoms with Crippen molar-refractivity contribution in [3.8, 4) is 0 Å². The van der Waals surface area contributed by atoms with Crippen molar-refractivity contribution in [2.45, 2.75) is 19.1 Å². The van der Waals surface area contributed by atoms with Gasteiger partial charge < -0.3 is 10.1 Å². The summed E-state index contributed by atoms with van der Waals surface area (Å²) in [6.45, 7) is 2.85. The Balaban J connectivity index is 1.54. The molecular formula is C19H20ClN3O4. The topological polar surface area (TPSA) is 84.7 Å². The average Bonchev–Trinajstić information content (AvgIpc) is 2.64. The normalized spacial score (nSPS) is 17.4. The molecule has 0 radical (unpaired) electrons. The Morgan fingerprint density at radius 3 is 2.81 bits per heavy atom. The summed E-state index contributed by atoms with van der Waals surface area (Å²) in [7, 11) is 0. The van der Waals surface area contributed by atoms with E-state index in [0.29, 0.717) is 18.8 Å². The molecule has 1 unspecified atom stereocenters. The number of nitrogens with zero attached hydrogens (tertiary/aromatic N) is 2. The number of ether oxygens (including phenoxy) is 1. The average molecular weight is 390 g/mol. The Morgan fingerprint density at radius 2 is 2.07 bits per heavy atom. The maximum atomic E-state index is 12.3. The van der Waals surface area contributed by atoms with Gasteiger partial charge in [0.2, 0.25) is 5.91 Å². The highest BCUT2D eigenvalue weighted by atomic mass is 35.5. The number of nitrogens with one attached hydrogen (secondary N) is 1. The minimum atomic E-state index is -0.580. The summed E-state index contributed by atoms with van der Waals surface area (Å²) in [6.07, 6.45) is -0.0356. The number of halogens is 1. The van der Waals surface area contributed by atoms with E-state index in [1.807, 2.05) is 18.2 Å². The van der Waals surface area contributed by atoms with Gasteiger partial charge in [-0.3, -0.25) is 19.8 Å². The van der Waals surface area contributed by atoms with E-state index >= 15 is 0 Å². The summed E-state index contributed by atoms with van der Waals surface area (Å²) in [5, 5.41) is 13.7. The monoisotopic (exact) mass is 389 g/mol. The highest BCUT2D eigenvalue weighted by Crippen LogP contribution is 2.27. The molecule has 1 aliphatic rings. The van der Waals surface area contributed by atoms with Gasteiger partial charge in [-0.05, 0) is 17.7 Å². The van der Waals surface area contributed by atoms with Crippen molar-refractivity contribution in [3.63, 3.8) is 0 Å². The number of nitro groups is 1. The Morgan fingerprint density at radius 1 is 1.30 bits per heavy atom. The van der Waals surface area contributed by atoms with E-state index in [9.17, 15) is 14.9 Å². The molecular weight excluding hydrogens is 370 g/mol. The second kappa shape index (κ2) is 8.94. The number of nitro benzene ring substituents is 1. The first-order valence-corrected chi connectivity index (χ1v) is 9.01. The number of anilines is 1. The molecule has 0 spiro atoms. The van der Waals surface area contributed by atoms with Gasteiger partial charge in [0.1, 0.15) is 5.02 Å². The van der Waals surface area contributed by atoms with Crippen LogP contribution < -0.4 is 5.32 Å². The SMILES string of the molecule is O=C(CC1CN(Cc2ccccc2)CCO1)Nc1ccc(Cl)c([N+](=O)[O-])c1. The van der Waals surface area contributed by atoms with Crippen LogP contribution in [0.4, 0.5) is 11.4 Å². The van der Waals surface area contributed by atoms with Crippen LogP contribution in [0.1, 0.15) is 12.0 Å². The predicted molar refractivity (Wildman–Crippen MR) is 103 cm³/mol. The minimum absolute atomic E-state index is 0.0326. The van der Waals surface area contributed by atoms with E-state index in [1.165, 1.54) is 23.8 Å². The summed E-state index contributed by atoms with van der Waals surface area (Å²) < 4.78 is 5.70. The van der Waals surface area contributed by atoms with Gasteiger partial charge in [-0.2, -0.15) is 0 Å². The molecule has 1 amide bonds. The van der Waals surface area contributed by atoms with Crippen molar-refractivity contribution >= 4 is 28.9 Å². The van der Waals surface area contributed by atoms with Crippen molar-refractivity contribution in [2.75, 3.05) is 25.0 Å². The molecule has 1 aliphatic heterocycles. The molecule has 1 fully saturated rings. The maximum Gasteiger partial charge on any atom is 0.289 e. The van der Waals surface area contributed by atoms with Crippen LogP contribution in [-0.4, -0.2) is 41.5 Å². The summed E-state index contributed by atoms with van der Waals surface area (Å²) in [4.78, 5) is 24.9. The smallest absolute Gasteiger partial charge is 0.289 e. The molecule has 2 aromatic rings. The molecule has 1 saturated heterocycles. The van der Waals surface area contributed by atoms with Crippen LogP contribution in [0.3, 0.4) is 0 Å². The lowest BCUT2D eigenvalue weighted by Gasteiger charge is -2.32. The van der Waals surface area contributed by atoms with E-state index in [1.54, 1.807) is 0 Å². The molecule has 27 heavy (non-hydrogen) atoms. The largest absolute Gasteiger partial charge is 0.375 e. The molecule has 0 saturated carbocycles. The fraction of sp³-hybridized carbons (Fsp3) is 0.316. The number of benzene rings is 2. The van der Waals surface area contributed by atoms with Crippen molar-refractivity contribution in [1.82, 2.24) is 4.90 Å². The number of hydrogen-bond acceptors (Lipinski definition) is 5. The fourth-order valence-corrected chi connectivity index (χ4v) is 3.22. The molecule has 1 N–H and O–H groups in total. The Labute approximate surface area is 162 Å². The number of hydrogen-bond donors (Lipinski definition) is 1. The maximum absolute atomic E-state index is 12.3. The van der Waals surface area contributed by atoms with E-state index < -0.39 is 4.92 Å². The lowest BCUT2D eigenvalue weighted by atomic mass is 10.1. The summed E-state index contributed by atoms with van der Waals surface area (Å²) >= 11 is 5.79. The van der Waals surface area contributed by atoms with Gasteiger partial charge in [-0.15, -0.1) is 0 Å². The van der Waals surface area contributed by atoms with Gasteiger partial charge in [-0.25, -0.2) is 0 Å². The van der Waals surface area contributed by atoms with Gasteiger partial charge >= 0.3 is 0 Å². The van der Waals surface area contributed by atoms with Gasteiger partial charge in [0.25, 0.3) is 5.69 Å². The molecule has 1 atom stereocenters. The third-order valence-electron chi connectivity index (χ3n) is 4.31. The Hall–Kier alpha value is -2.48. The second-order valence-corrected chi connectivity index (χ2v) is 6.80. The molecule has 142 valence electrons.